The van der Waals surface area contributed by atoms with Gasteiger partial charge in [-0.1, -0.05) is 42.5 Å². The first kappa shape index (κ1) is 21.5. The Bertz CT molecular complexity index is 1110. The Kier molecular flexibility index (Phi) is 6.84. The van der Waals surface area contributed by atoms with E-state index in [1.165, 1.54) is 6.26 Å². The number of pyridine rings is 1. The maximum absolute atomic E-state index is 12.3. The lowest BCUT2D eigenvalue weighted by atomic mass is 10.1. The molecule has 1 N–H and O–H groups in total. The highest BCUT2D eigenvalue weighted by Gasteiger charge is 2.16. The molecule has 0 radical (unpaired) electrons. The number of rotatable bonds is 8. The molecule has 0 amide bonds. The molecule has 0 fully saturated rings. The Morgan fingerprint density at radius 2 is 1.70 bits per heavy atom. The van der Waals surface area contributed by atoms with Gasteiger partial charge in [-0.2, -0.15) is 0 Å². The first-order chi connectivity index (χ1) is 14.4. The fourth-order valence-electron chi connectivity index (χ4n) is 2.98. The van der Waals surface area contributed by atoms with Crippen LogP contribution in [-0.4, -0.2) is 32.2 Å². The summed E-state index contributed by atoms with van der Waals surface area (Å²) in [5.74, 6) is -0.487. The maximum atomic E-state index is 12.3. The molecule has 6 nitrogen and oxygen atoms in total. The normalized spacial score (nSPS) is 11.1. The zero-order chi connectivity index (χ0) is 21.6. The summed E-state index contributed by atoms with van der Waals surface area (Å²) in [6.45, 7) is 2.42. The average Bonchev–Trinajstić information content (AvgIpc) is 2.73. The minimum Gasteiger partial charge on any atom is -0.461 e. The van der Waals surface area contributed by atoms with Gasteiger partial charge in [0.25, 0.3) is 0 Å². The second-order valence-corrected chi connectivity index (χ2v) is 8.91. The second kappa shape index (κ2) is 9.54. The number of hydrogen-bond donors (Lipinski definition) is 1. The smallest absolute Gasteiger partial charge is 0.359 e. The van der Waals surface area contributed by atoms with Gasteiger partial charge in [0, 0.05) is 19.0 Å². The lowest BCUT2D eigenvalue weighted by Gasteiger charge is -2.13. The monoisotopic (exact) mass is 424 g/mol. The first-order valence-electron chi connectivity index (χ1n) is 9.59. The molecule has 0 aliphatic carbocycles. The van der Waals surface area contributed by atoms with Gasteiger partial charge >= 0.3 is 5.97 Å². The van der Waals surface area contributed by atoms with Gasteiger partial charge in [0.15, 0.2) is 15.5 Å². The number of carbonyl (C=O) groups is 1. The average molecular weight is 425 g/mol. The summed E-state index contributed by atoms with van der Waals surface area (Å²) < 4.78 is 28.4. The van der Waals surface area contributed by atoms with Gasteiger partial charge < -0.3 is 10.1 Å². The van der Waals surface area contributed by atoms with Crippen molar-refractivity contribution in [1.29, 1.82) is 0 Å². The quantitative estimate of drug-likeness (QED) is 0.553. The third-order valence-electron chi connectivity index (χ3n) is 4.50. The Balaban J connectivity index is 1.82. The molecule has 1 heterocycles. The van der Waals surface area contributed by atoms with Crippen molar-refractivity contribution in [2.45, 2.75) is 24.8 Å². The molecule has 0 atom stereocenters. The van der Waals surface area contributed by atoms with Crippen LogP contribution in [0.4, 0.5) is 5.69 Å². The van der Waals surface area contributed by atoms with Crippen molar-refractivity contribution in [2.75, 3.05) is 18.2 Å². The zero-order valence-corrected chi connectivity index (χ0v) is 17.8. The van der Waals surface area contributed by atoms with Crippen LogP contribution in [0.3, 0.4) is 0 Å². The molecule has 0 bridgehead atoms. The summed E-state index contributed by atoms with van der Waals surface area (Å²) in [6, 6.07) is 18.5. The van der Waals surface area contributed by atoms with Crippen LogP contribution in [0.2, 0.25) is 0 Å². The molecule has 0 aliphatic rings. The van der Waals surface area contributed by atoms with Crippen molar-refractivity contribution in [3.8, 4) is 0 Å². The summed E-state index contributed by atoms with van der Waals surface area (Å²) in [7, 11) is -3.24. The van der Waals surface area contributed by atoms with E-state index in [1.807, 2.05) is 36.4 Å². The van der Waals surface area contributed by atoms with Gasteiger partial charge in [-0.05, 0) is 48.2 Å². The van der Waals surface area contributed by atoms with Crippen molar-refractivity contribution >= 4 is 21.5 Å². The van der Waals surface area contributed by atoms with E-state index in [-0.39, 0.29) is 17.2 Å². The Morgan fingerprint density at radius 1 is 1.00 bits per heavy atom. The largest absolute Gasteiger partial charge is 0.461 e. The van der Waals surface area contributed by atoms with Crippen molar-refractivity contribution < 1.29 is 17.9 Å². The molecule has 0 saturated carbocycles. The van der Waals surface area contributed by atoms with Gasteiger partial charge in [-0.3, -0.25) is 0 Å². The molecule has 0 aliphatic heterocycles. The minimum absolute atomic E-state index is 0.224. The summed E-state index contributed by atoms with van der Waals surface area (Å²) in [6.07, 6.45) is 3.55. The molecule has 0 spiro atoms. The minimum atomic E-state index is -3.24. The van der Waals surface area contributed by atoms with Gasteiger partial charge in [0.05, 0.1) is 17.2 Å². The van der Waals surface area contributed by atoms with Gasteiger partial charge in [0.1, 0.15) is 0 Å². The lowest BCUT2D eigenvalue weighted by Crippen LogP contribution is -2.13. The third kappa shape index (κ3) is 5.67. The Morgan fingerprint density at radius 3 is 2.33 bits per heavy atom. The standard InChI is InChI=1S/C23H24N2O4S/c1-3-29-23(26)22-21(14-19(16-25-22)13-17-7-5-4-6-8-17)24-15-18-9-11-20(12-10-18)30(2,27)28/h4-12,14,16,24H,3,13,15H2,1-2H3. The fourth-order valence-corrected chi connectivity index (χ4v) is 3.62. The number of nitrogens with zero attached hydrogens (tertiary/aromatic N) is 1. The Hall–Kier alpha value is -3.19. The van der Waals surface area contributed by atoms with E-state index in [9.17, 15) is 13.2 Å². The predicted octanol–water partition coefficient (Wildman–Crippen LogP) is 3.86. The lowest BCUT2D eigenvalue weighted by molar-refractivity contribution is 0.0520. The SMILES string of the molecule is CCOC(=O)c1ncc(Cc2ccccc2)cc1NCc1ccc(S(C)(=O)=O)cc1. The highest BCUT2D eigenvalue weighted by molar-refractivity contribution is 7.90. The summed E-state index contributed by atoms with van der Waals surface area (Å²) >= 11 is 0. The number of carbonyl (C=O) groups excluding carboxylic acids is 1. The van der Waals surface area contributed by atoms with Crippen LogP contribution in [0, 0.1) is 0 Å². The van der Waals surface area contributed by atoms with Crippen molar-refractivity contribution in [1.82, 2.24) is 4.98 Å². The predicted molar refractivity (Wildman–Crippen MR) is 116 cm³/mol. The van der Waals surface area contributed by atoms with Crippen molar-refractivity contribution in [3.63, 3.8) is 0 Å². The van der Waals surface area contributed by atoms with E-state index < -0.39 is 15.8 Å². The van der Waals surface area contributed by atoms with Gasteiger partial charge in [0.2, 0.25) is 0 Å². The number of hydrogen-bond acceptors (Lipinski definition) is 6. The van der Waals surface area contributed by atoms with Crippen LogP contribution < -0.4 is 5.32 Å². The summed E-state index contributed by atoms with van der Waals surface area (Å²) in [4.78, 5) is 16.9. The molecule has 3 aromatic rings. The van der Waals surface area contributed by atoms with Crippen LogP contribution in [0.15, 0.2) is 71.8 Å². The number of sulfone groups is 1. The van der Waals surface area contributed by atoms with E-state index >= 15 is 0 Å². The first-order valence-corrected chi connectivity index (χ1v) is 11.5. The topological polar surface area (TPSA) is 85.4 Å². The number of benzene rings is 2. The fraction of sp³-hybridized carbons (Fsp3) is 0.217. The highest BCUT2D eigenvalue weighted by Crippen LogP contribution is 2.20. The highest BCUT2D eigenvalue weighted by atomic mass is 32.2. The van der Waals surface area contributed by atoms with E-state index in [2.05, 4.69) is 10.3 Å². The van der Waals surface area contributed by atoms with Gasteiger partial charge in [-0.25, -0.2) is 18.2 Å². The molecule has 7 heteroatoms. The number of esters is 1. The molecule has 0 saturated heterocycles. The number of nitrogens with one attached hydrogen (secondary N) is 1. The number of anilines is 1. The molecule has 30 heavy (non-hydrogen) atoms. The van der Waals surface area contributed by atoms with E-state index in [4.69, 9.17) is 4.74 Å². The molecule has 0 unspecified atom stereocenters. The van der Waals surface area contributed by atoms with Crippen LogP contribution in [0.5, 0.6) is 0 Å². The van der Waals surface area contributed by atoms with Gasteiger partial charge in [-0.15, -0.1) is 0 Å². The maximum Gasteiger partial charge on any atom is 0.359 e. The third-order valence-corrected chi connectivity index (χ3v) is 5.63. The summed E-state index contributed by atoms with van der Waals surface area (Å²) in [5, 5.41) is 3.24. The van der Waals surface area contributed by atoms with Crippen molar-refractivity contribution in [3.05, 3.63) is 89.2 Å². The van der Waals surface area contributed by atoms with Crippen LogP contribution in [-0.2, 0) is 27.5 Å². The van der Waals surface area contributed by atoms with Crippen LogP contribution in [0.1, 0.15) is 34.1 Å². The molecule has 3 rings (SSSR count). The van der Waals surface area contributed by atoms with E-state index in [0.717, 1.165) is 16.7 Å². The van der Waals surface area contributed by atoms with Crippen molar-refractivity contribution in [2.24, 2.45) is 0 Å². The second-order valence-electron chi connectivity index (χ2n) is 6.89. The Labute approximate surface area is 176 Å². The molecule has 2 aromatic carbocycles. The zero-order valence-electron chi connectivity index (χ0n) is 17.0. The number of ether oxygens (including phenoxy) is 1. The number of aromatic nitrogens is 1. The molecular weight excluding hydrogens is 400 g/mol. The molecular formula is C23H24N2O4S. The van der Waals surface area contributed by atoms with Crippen LogP contribution >= 0.6 is 0 Å². The van der Waals surface area contributed by atoms with E-state index in [0.29, 0.717) is 18.7 Å². The molecule has 156 valence electrons. The van der Waals surface area contributed by atoms with E-state index in [1.54, 1.807) is 37.4 Å². The molecule has 1 aromatic heterocycles. The summed E-state index contributed by atoms with van der Waals surface area (Å²) in [5.41, 5.74) is 3.79. The van der Waals surface area contributed by atoms with Crippen LogP contribution in [0.25, 0.3) is 0 Å².